The van der Waals surface area contributed by atoms with Gasteiger partial charge < -0.3 is 9.50 Å². The Kier molecular flexibility index (Phi) is 4.75. The lowest BCUT2D eigenvalue weighted by Crippen LogP contribution is -2.28. The molecule has 2 aromatic heterocycles. The maximum absolute atomic E-state index is 13.2. The van der Waals surface area contributed by atoms with E-state index in [1.54, 1.807) is 0 Å². The van der Waals surface area contributed by atoms with Crippen LogP contribution in [0.4, 0.5) is 17.6 Å². The first-order valence-corrected chi connectivity index (χ1v) is 8.95. The van der Waals surface area contributed by atoms with E-state index in [1.807, 2.05) is 0 Å². The minimum Gasteiger partial charge on any atom is -0.376 e. The van der Waals surface area contributed by atoms with Crippen LogP contribution in [0.2, 0.25) is 0 Å². The molecule has 0 spiro atoms. The Morgan fingerprint density at radius 3 is 2.39 bits per heavy atom. The Bertz CT molecular complexity index is 1160. The molecule has 148 valence electrons. The van der Waals surface area contributed by atoms with E-state index in [0.717, 1.165) is 35.0 Å². The van der Waals surface area contributed by atoms with Crippen LogP contribution in [-0.2, 0) is 10.1 Å². The summed E-state index contributed by atoms with van der Waals surface area (Å²) in [7, 11) is -4.55. The molecule has 0 atom stereocenters. The maximum atomic E-state index is 13.2. The molecule has 1 N–H and O–H groups in total. The van der Waals surface area contributed by atoms with Gasteiger partial charge in [-0.3, -0.25) is 4.79 Å². The molecule has 0 radical (unpaired) electrons. The molecule has 3 aromatic rings. The first-order valence-electron chi connectivity index (χ1n) is 7.54. The fourth-order valence-electron chi connectivity index (χ4n) is 2.41. The summed E-state index contributed by atoms with van der Waals surface area (Å²) in [5.74, 6) is -1.80. The van der Waals surface area contributed by atoms with Crippen LogP contribution >= 0.6 is 0 Å². The number of nitrogens with one attached hydrogen (secondary N) is 1. The van der Waals surface area contributed by atoms with Crippen molar-refractivity contribution in [3.8, 4) is 17.0 Å². The van der Waals surface area contributed by atoms with Gasteiger partial charge in [-0.1, -0.05) is 0 Å². The van der Waals surface area contributed by atoms with Crippen LogP contribution in [0.15, 0.2) is 42.6 Å². The van der Waals surface area contributed by atoms with Crippen molar-refractivity contribution in [1.29, 1.82) is 0 Å². The third-order valence-corrected chi connectivity index (χ3v) is 4.65. The second-order valence-electron chi connectivity index (χ2n) is 5.49. The van der Waals surface area contributed by atoms with Crippen molar-refractivity contribution in [3.63, 3.8) is 0 Å². The summed E-state index contributed by atoms with van der Waals surface area (Å²) in [5, 5.41) is 6.54. The minimum atomic E-state index is -5.88. The Morgan fingerprint density at radius 1 is 1.18 bits per heavy atom. The number of hydrogen-bond donors (Lipinski definition) is 1. The van der Waals surface area contributed by atoms with Crippen molar-refractivity contribution in [2.24, 2.45) is 0 Å². The van der Waals surface area contributed by atoms with Gasteiger partial charge in [-0.15, -0.1) is 0 Å². The number of carbonyl (C=O) groups excluding carboxylic acids is 1. The molecule has 0 aliphatic heterocycles. The van der Waals surface area contributed by atoms with E-state index in [9.17, 15) is 30.8 Å². The molecule has 3 rings (SSSR count). The zero-order chi connectivity index (χ0) is 20.7. The smallest absolute Gasteiger partial charge is 0.376 e. The third kappa shape index (κ3) is 3.50. The van der Waals surface area contributed by atoms with Gasteiger partial charge in [0.05, 0.1) is 11.1 Å². The lowest BCUT2D eigenvalue weighted by Gasteiger charge is -2.09. The molecule has 0 bridgehead atoms. The predicted octanol–water partition coefficient (Wildman–Crippen LogP) is 2.73. The van der Waals surface area contributed by atoms with Crippen LogP contribution < -0.4 is 9.50 Å². The van der Waals surface area contributed by atoms with Gasteiger partial charge in [-0.25, -0.2) is 8.91 Å². The fraction of sp³-hybridized carbons (Fsp3) is 0.125. The molecule has 0 fully saturated rings. The van der Waals surface area contributed by atoms with Gasteiger partial charge in [0.2, 0.25) is 0 Å². The molecule has 0 aliphatic carbocycles. The number of benzene rings is 1. The summed E-state index contributed by atoms with van der Waals surface area (Å²) in [6.45, 7) is 0. The number of alkyl halides is 3. The molecule has 28 heavy (non-hydrogen) atoms. The number of fused-ring (bicyclic) bond motifs is 1. The Balaban J connectivity index is 2.17. The van der Waals surface area contributed by atoms with Crippen molar-refractivity contribution in [1.82, 2.24) is 14.9 Å². The van der Waals surface area contributed by atoms with Gasteiger partial charge in [0.1, 0.15) is 17.3 Å². The van der Waals surface area contributed by atoms with E-state index < -0.39 is 33.1 Å². The summed E-state index contributed by atoms with van der Waals surface area (Å²) in [6, 6.07) is 6.93. The SMILES string of the molecule is CNC(=O)c1c(-c2ccc(F)cc2)nn2ccc(OS(=O)(=O)C(F)(F)F)cc12. The first kappa shape index (κ1) is 19.6. The Morgan fingerprint density at radius 2 is 1.82 bits per heavy atom. The van der Waals surface area contributed by atoms with E-state index in [-0.39, 0.29) is 16.8 Å². The Hall–Kier alpha value is -3.15. The average molecular weight is 417 g/mol. The lowest BCUT2D eigenvalue weighted by atomic mass is 10.1. The molecule has 2 heterocycles. The van der Waals surface area contributed by atoms with Crippen LogP contribution in [0.5, 0.6) is 5.75 Å². The van der Waals surface area contributed by atoms with Crippen LogP contribution in [0.1, 0.15) is 10.4 Å². The van der Waals surface area contributed by atoms with E-state index in [1.165, 1.54) is 19.2 Å². The highest BCUT2D eigenvalue weighted by Gasteiger charge is 2.48. The normalized spacial score (nSPS) is 12.2. The predicted molar refractivity (Wildman–Crippen MR) is 89.6 cm³/mol. The number of carbonyl (C=O) groups is 1. The molecular weight excluding hydrogens is 406 g/mol. The molecule has 1 aromatic carbocycles. The zero-order valence-corrected chi connectivity index (χ0v) is 14.8. The molecular formula is C16H11F4N3O4S. The van der Waals surface area contributed by atoms with Crippen molar-refractivity contribution in [2.75, 3.05) is 7.05 Å². The van der Waals surface area contributed by atoms with Gasteiger partial charge in [0.25, 0.3) is 5.91 Å². The number of aromatic nitrogens is 2. The number of pyridine rings is 1. The first-order chi connectivity index (χ1) is 13.0. The summed E-state index contributed by atoms with van der Waals surface area (Å²) >= 11 is 0. The fourth-order valence-corrected chi connectivity index (χ4v) is 2.86. The van der Waals surface area contributed by atoms with E-state index in [0.29, 0.717) is 5.56 Å². The van der Waals surface area contributed by atoms with Crippen molar-refractivity contribution in [3.05, 3.63) is 54.0 Å². The van der Waals surface area contributed by atoms with Gasteiger partial charge in [-0.05, 0) is 24.3 Å². The summed E-state index contributed by atoms with van der Waals surface area (Å²) in [5.41, 5.74) is -5.18. The zero-order valence-electron chi connectivity index (χ0n) is 14.0. The average Bonchev–Trinajstić information content (AvgIpc) is 2.99. The second-order valence-corrected chi connectivity index (χ2v) is 7.02. The van der Waals surface area contributed by atoms with Crippen LogP contribution in [0, 0.1) is 5.82 Å². The largest absolute Gasteiger partial charge is 0.534 e. The van der Waals surface area contributed by atoms with Gasteiger partial charge in [0, 0.05) is 30.9 Å². The standard InChI is InChI=1S/C16H11F4N3O4S/c1-21-15(24)13-12-8-11(27-28(25,26)16(18,19)20)6-7-23(12)22-14(13)9-2-4-10(17)5-3-9/h2-8H,1H3,(H,21,24). The van der Waals surface area contributed by atoms with Crippen molar-refractivity contribution < 1.29 is 35.0 Å². The molecule has 12 heteroatoms. The Labute approximate surface area is 155 Å². The monoisotopic (exact) mass is 417 g/mol. The molecule has 0 aliphatic rings. The van der Waals surface area contributed by atoms with Crippen molar-refractivity contribution >= 4 is 21.5 Å². The van der Waals surface area contributed by atoms with Crippen LogP contribution in [-0.4, -0.2) is 36.5 Å². The number of hydrogen-bond acceptors (Lipinski definition) is 5. The summed E-state index contributed by atoms with van der Waals surface area (Å²) in [4.78, 5) is 12.3. The number of amides is 1. The molecule has 0 saturated carbocycles. The minimum absolute atomic E-state index is 0.00597. The second kappa shape index (κ2) is 6.78. The molecule has 0 unspecified atom stereocenters. The molecule has 1 amide bonds. The topological polar surface area (TPSA) is 89.8 Å². The molecule has 0 saturated heterocycles. The van der Waals surface area contributed by atoms with Gasteiger partial charge in [-0.2, -0.15) is 26.7 Å². The lowest BCUT2D eigenvalue weighted by molar-refractivity contribution is -0.0500. The van der Waals surface area contributed by atoms with Crippen molar-refractivity contribution in [2.45, 2.75) is 5.51 Å². The van der Waals surface area contributed by atoms with E-state index >= 15 is 0 Å². The maximum Gasteiger partial charge on any atom is 0.534 e. The number of halogens is 4. The van der Waals surface area contributed by atoms with Crippen LogP contribution in [0.3, 0.4) is 0 Å². The number of nitrogens with zero attached hydrogens (tertiary/aromatic N) is 2. The highest BCUT2D eigenvalue weighted by Crippen LogP contribution is 2.31. The summed E-state index contributed by atoms with van der Waals surface area (Å²) in [6.07, 6.45) is 1.13. The van der Waals surface area contributed by atoms with Gasteiger partial charge >= 0.3 is 15.6 Å². The van der Waals surface area contributed by atoms with E-state index in [2.05, 4.69) is 14.6 Å². The molecule has 7 nitrogen and oxygen atoms in total. The highest BCUT2D eigenvalue weighted by atomic mass is 32.2. The summed E-state index contributed by atoms with van der Waals surface area (Å²) < 4.78 is 78.4. The third-order valence-electron chi connectivity index (χ3n) is 3.67. The van der Waals surface area contributed by atoms with E-state index in [4.69, 9.17) is 0 Å². The van der Waals surface area contributed by atoms with Crippen LogP contribution in [0.25, 0.3) is 16.8 Å². The quantitative estimate of drug-likeness (QED) is 0.401. The van der Waals surface area contributed by atoms with Gasteiger partial charge in [0.15, 0.2) is 0 Å². The highest BCUT2D eigenvalue weighted by molar-refractivity contribution is 7.88. The number of rotatable bonds is 4.